The van der Waals surface area contributed by atoms with E-state index in [-0.39, 0.29) is 12.1 Å². The SMILES string of the molecule is CCOc1cc(C)ccc1NC(=O)NCC(C)N(C)c1ccccc1. The Kier molecular flexibility index (Phi) is 6.69. The number of para-hydroxylation sites is 1. The first-order chi connectivity index (χ1) is 12.0. The summed E-state index contributed by atoms with van der Waals surface area (Å²) in [7, 11) is 2.02. The third kappa shape index (κ3) is 5.41. The van der Waals surface area contributed by atoms with Gasteiger partial charge in [0.25, 0.3) is 0 Å². The molecule has 2 N–H and O–H groups in total. The van der Waals surface area contributed by atoms with E-state index in [1.807, 2.05) is 57.3 Å². The number of likely N-dealkylation sites (N-methyl/N-ethyl adjacent to an activating group) is 1. The number of aryl methyl sites for hydroxylation is 1. The van der Waals surface area contributed by atoms with Crippen LogP contribution in [0.5, 0.6) is 5.75 Å². The molecule has 1 unspecified atom stereocenters. The third-order valence-electron chi connectivity index (χ3n) is 4.07. The number of rotatable bonds is 7. The van der Waals surface area contributed by atoms with Crippen molar-refractivity contribution >= 4 is 17.4 Å². The molecule has 5 nitrogen and oxygen atoms in total. The topological polar surface area (TPSA) is 53.6 Å². The molecule has 0 aliphatic rings. The van der Waals surface area contributed by atoms with Crippen molar-refractivity contribution in [3.05, 3.63) is 54.1 Å². The maximum atomic E-state index is 12.2. The molecule has 25 heavy (non-hydrogen) atoms. The van der Waals surface area contributed by atoms with Gasteiger partial charge in [-0.3, -0.25) is 0 Å². The van der Waals surface area contributed by atoms with E-state index >= 15 is 0 Å². The number of carbonyl (C=O) groups is 1. The number of benzene rings is 2. The van der Waals surface area contributed by atoms with E-state index in [2.05, 4.69) is 34.6 Å². The zero-order valence-electron chi connectivity index (χ0n) is 15.4. The Hall–Kier alpha value is -2.69. The molecule has 0 spiro atoms. The average Bonchev–Trinajstić information content (AvgIpc) is 2.62. The minimum absolute atomic E-state index is 0.164. The van der Waals surface area contributed by atoms with Crippen molar-refractivity contribution in [2.45, 2.75) is 26.8 Å². The fraction of sp³-hybridized carbons (Fsp3) is 0.350. The highest BCUT2D eigenvalue weighted by atomic mass is 16.5. The van der Waals surface area contributed by atoms with Crippen LogP contribution in [-0.2, 0) is 0 Å². The fourth-order valence-corrected chi connectivity index (χ4v) is 2.47. The Morgan fingerprint density at radius 1 is 1.20 bits per heavy atom. The van der Waals surface area contributed by atoms with Crippen molar-refractivity contribution in [2.75, 3.05) is 30.4 Å². The van der Waals surface area contributed by atoms with Crippen molar-refractivity contribution in [1.29, 1.82) is 0 Å². The number of urea groups is 1. The van der Waals surface area contributed by atoms with Crippen LogP contribution in [0.1, 0.15) is 19.4 Å². The summed E-state index contributed by atoms with van der Waals surface area (Å²) in [6.45, 7) is 7.08. The molecule has 0 aromatic heterocycles. The summed E-state index contributed by atoms with van der Waals surface area (Å²) in [5, 5.41) is 5.78. The van der Waals surface area contributed by atoms with Gasteiger partial charge in [0, 0.05) is 25.3 Å². The quantitative estimate of drug-likeness (QED) is 0.799. The lowest BCUT2D eigenvalue weighted by atomic mass is 10.2. The van der Waals surface area contributed by atoms with Crippen LogP contribution in [-0.4, -0.2) is 32.3 Å². The number of hydrogen-bond acceptors (Lipinski definition) is 3. The summed E-state index contributed by atoms with van der Waals surface area (Å²) in [5.41, 5.74) is 2.89. The smallest absolute Gasteiger partial charge is 0.319 e. The minimum Gasteiger partial charge on any atom is -0.492 e. The first-order valence-electron chi connectivity index (χ1n) is 8.57. The van der Waals surface area contributed by atoms with E-state index in [4.69, 9.17) is 4.74 Å². The summed E-state index contributed by atoms with van der Waals surface area (Å²) >= 11 is 0. The standard InChI is InChI=1S/C20H27N3O2/c1-5-25-19-13-15(2)11-12-18(19)22-20(24)21-14-16(3)23(4)17-9-7-6-8-10-17/h6-13,16H,5,14H2,1-4H3,(H2,21,22,24). The maximum absolute atomic E-state index is 12.2. The number of anilines is 2. The molecule has 1 atom stereocenters. The molecule has 5 heteroatoms. The van der Waals surface area contributed by atoms with Gasteiger partial charge in [0.15, 0.2) is 0 Å². The molecule has 0 saturated carbocycles. The number of hydrogen-bond donors (Lipinski definition) is 2. The highest BCUT2D eigenvalue weighted by molar-refractivity contribution is 5.91. The van der Waals surface area contributed by atoms with Gasteiger partial charge in [-0.15, -0.1) is 0 Å². The molecular formula is C20H27N3O2. The number of amides is 2. The molecule has 0 bridgehead atoms. The van der Waals surface area contributed by atoms with Crippen molar-refractivity contribution in [3.8, 4) is 5.75 Å². The lowest BCUT2D eigenvalue weighted by molar-refractivity contribution is 0.251. The monoisotopic (exact) mass is 341 g/mol. The van der Waals surface area contributed by atoms with E-state index in [1.54, 1.807) is 0 Å². The molecule has 0 aliphatic heterocycles. The molecule has 134 valence electrons. The molecule has 0 radical (unpaired) electrons. The zero-order chi connectivity index (χ0) is 18.2. The van der Waals surface area contributed by atoms with Crippen molar-refractivity contribution in [2.24, 2.45) is 0 Å². The predicted molar refractivity (Wildman–Crippen MR) is 104 cm³/mol. The van der Waals surface area contributed by atoms with Gasteiger partial charge in [-0.05, 0) is 50.6 Å². The van der Waals surface area contributed by atoms with Crippen LogP contribution in [0.2, 0.25) is 0 Å². The second-order valence-corrected chi connectivity index (χ2v) is 6.06. The van der Waals surface area contributed by atoms with Gasteiger partial charge in [0.2, 0.25) is 0 Å². The predicted octanol–water partition coefficient (Wildman–Crippen LogP) is 4.04. The Morgan fingerprint density at radius 2 is 1.92 bits per heavy atom. The molecule has 2 aromatic carbocycles. The summed E-state index contributed by atoms with van der Waals surface area (Å²) in [5.74, 6) is 0.687. The van der Waals surface area contributed by atoms with Crippen LogP contribution < -0.4 is 20.3 Å². The third-order valence-corrected chi connectivity index (χ3v) is 4.07. The Morgan fingerprint density at radius 3 is 2.60 bits per heavy atom. The summed E-state index contributed by atoms with van der Waals surface area (Å²) in [4.78, 5) is 14.4. The number of ether oxygens (including phenoxy) is 1. The van der Waals surface area contributed by atoms with Crippen LogP contribution in [0.4, 0.5) is 16.2 Å². The zero-order valence-corrected chi connectivity index (χ0v) is 15.4. The number of nitrogens with zero attached hydrogens (tertiary/aromatic N) is 1. The van der Waals surface area contributed by atoms with Crippen molar-refractivity contribution in [1.82, 2.24) is 5.32 Å². The van der Waals surface area contributed by atoms with Crippen LogP contribution in [0, 0.1) is 6.92 Å². The van der Waals surface area contributed by atoms with Crippen LogP contribution in [0.15, 0.2) is 48.5 Å². The summed E-state index contributed by atoms with van der Waals surface area (Å²) in [6, 6.07) is 15.8. The van der Waals surface area contributed by atoms with Gasteiger partial charge in [0.05, 0.1) is 12.3 Å². The largest absolute Gasteiger partial charge is 0.492 e. The first-order valence-corrected chi connectivity index (χ1v) is 8.57. The van der Waals surface area contributed by atoms with E-state index in [0.29, 0.717) is 24.6 Å². The van der Waals surface area contributed by atoms with E-state index in [1.165, 1.54) is 0 Å². The first kappa shape index (κ1) is 18.6. The Labute approximate surface area is 150 Å². The summed E-state index contributed by atoms with van der Waals surface area (Å²) in [6.07, 6.45) is 0. The second-order valence-electron chi connectivity index (χ2n) is 6.06. The van der Waals surface area contributed by atoms with Crippen LogP contribution >= 0.6 is 0 Å². The molecule has 2 amide bonds. The number of nitrogens with one attached hydrogen (secondary N) is 2. The minimum atomic E-state index is -0.238. The van der Waals surface area contributed by atoms with Gasteiger partial charge >= 0.3 is 6.03 Å². The summed E-state index contributed by atoms with van der Waals surface area (Å²) < 4.78 is 5.59. The average molecular weight is 341 g/mol. The van der Waals surface area contributed by atoms with E-state index in [0.717, 1.165) is 11.3 Å². The molecule has 0 fully saturated rings. The molecule has 0 aliphatic carbocycles. The second kappa shape index (κ2) is 8.97. The lowest BCUT2D eigenvalue weighted by Crippen LogP contribution is -2.41. The normalized spacial score (nSPS) is 11.5. The molecule has 0 saturated heterocycles. The Bertz CT molecular complexity index is 689. The molecule has 0 heterocycles. The van der Waals surface area contributed by atoms with E-state index in [9.17, 15) is 4.79 Å². The molecule has 2 rings (SSSR count). The van der Waals surface area contributed by atoms with Gasteiger partial charge in [-0.2, -0.15) is 0 Å². The van der Waals surface area contributed by atoms with Gasteiger partial charge in [-0.1, -0.05) is 24.3 Å². The molecule has 2 aromatic rings. The van der Waals surface area contributed by atoms with Crippen LogP contribution in [0.3, 0.4) is 0 Å². The number of carbonyl (C=O) groups excluding carboxylic acids is 1. The van der Waals surface area contributed by atoms with Gasteiger partial charge in [-0.25, -0.2) is 4.79 Å². The highest BCUT2D eigenvalue weighted by Gasteiger charge is 2.12. The highest BCUT2D eigenvalue weighted by Crippen LogP contribution is 2.25. The lowest BCUT2D eigenvalue weighted by Gasteiger charge is -2.27. The van der Waals surface area contributed by atoms with Gasteiger partial charge < -0.3 is 20.3 Å². The van der Waals surface area contributed by atoms with Gasteiger partial charge in [0.1, 0.15) is 5.75 Å². The fourth-order valence-electron chi connectivity index (χ4n) is 2.47. The Balaban J connectivity index is 1.90. The molecular weight excluding hydrogens is 314 g/mol. The maximum Gasteiger partial charge on any atom is 0.319 e. The van der Waals surface area contributed by atoms with Crippen molar-refractivity contribution in [3.63, 3.8) is 0 Å². The van der Waals surface area contributed by atoms with E-state index < -0.39 is 0 Å². The van der Waals surface area contributed by atoms with Crippen molar-refractivity contribution < 1.29 is 9.53 Å². The van der Waals surface area contributed by atoms with Crippen LogP contribution in [0.25, 0.3) is 0 Å².